The van der Waals surface area contributed by atoms with Gasteiger partial charge in [-0.3, -0.25) is 4.90 Å². The largest absolute Gasteiger partial charge is 0.378 e. The Hall–Kier alpha value is -0.420. The fraction of sp³-hybridized carbons (Fsp3) is 0.733. The molecule has 2 N–H and O–H groups in total. The summed E-state index contributed by atoms with van der Waals surface area (Å²) < 4.78 is 5.74. The molecule has 0 atom stereocenters. The van der Waals surface area contributed by atoms with Crippen molar-refractivity contribution in [3.8, 4) is 0 Å². The Balaban J connectivity index is 1.68. The van der Waals surface area contributed by atoms with Crippen LogP contribution in [0.2, 0.25) is 0 Å². The third-order valence-electron chi connectivity index (χ3n) is 4.53. The molecular weight excluding hydrogens is 256 g/mol. The highest BCUT2D eigenvalue weighted by atomic mass is 32.1. The van der Waals surface area contributed by atoms with E-state index in [0.29, 0.717) is 6.10 Å². The van der Waals surface area contributed by atoms with Crippen LogP contribution < -0.4 is 5.73 Å². The summed E-state index contributed by atoms with van der Waals surface area (Å²) in [6.45, 7) is 4.72. The van der Waals surface area contributed by atoms with Gasteiger partial charge in [0.2, 0.25) is 0 Å². The van der Waals surface area contributed by atoms with Crippen molar-refractivity contribution in [3.05, 3.63) is 22.4 Å². The summed E-state index contributed by atoms with van der Waals surface area (Å²) >= 11 is 1.78. The predicted molar refractivity (Wildman–Crippen MR) is 79.3 cm³/mol. The van der Waals surface area contributed by atoms with Gasteiger partial charge < -0.3 is 10.5 Å². The molecule has 2 saturated carbocycles. The quantitative estimate of drug-likeness (QED) is 0.834. The standard InChI is InChI=1S/C15H24N2OS/c1-2-18-14-7-15(8-14,11-16)17(13-3-4-13)9-12-5-6-19-10-12/h5-6,10,13-14H,2-4,7-9,11,16H2,1H3. The zero-order chi connectivity index (χ0) is 13.3. The van der Waals surface area contributed by atoms with Crippen LogP contribution in [0.5, 0.6) is 0 Å². The fourth-order valence-electron chi connectivity index (χ4n) is 3.31. The highest BCUT2D eigenvalue weighted by Crippen LogP contribution is 2.45. The first-order valence-corrected chi connectivity index (χ1v) is 8.31. The van der Waals surface area contributed by atoms with Gasteiger partial charge in [-0.2, -0.15) is 11.3 Å². The minimum absolute atomic E-state index is 0.197. The topological polar surface area (TPSA) is 38.5 Å². The van der Waals surface area contributed by atoms with Gasteiger partial charge in [0.25, 0.3) is 0 Å². The Morgan fingerprint density at radius 3 is 2.79 bits per heavy atom. The van der Waals surface area contributed by atoms with Crippen molar-refractivity contribution in [1.29, 1.82) is 0 Å². The molecule has 0 aromatic carbocycles. The molecule has 3 nitrogen and oxygen atoms in total. The van der Waals surface area contributed by atoms with E-state index in [1.54, 1.807) is 11.3 Å². The van der Waals surface area contributed by atoms with E-state index in [0.717, 1.165) is 38.6 Å². The smallest absolute Gasteiger partial charge is 0.0611 e. The highest BCUT2D eigenvalue weighted by molar-refractivity contribution is 7.07. The number of hydrogen-bond donors (Lipinski definition) is 1. The normalized spacial score (nSPS) is 30.6. The molecule has 2 aliphatic rings. The summed E-state index contributed by atoms with van der Waals surface area (Å²) in [7, 11) is 0. The van der Waals surface area contributed by atoms with Crippen LogP contribution in [0, 0.1) is 0 Å². The molecule has 2 aliphatic carbocycles. The number of nitrogens with two attached hydrogens (primary N) is 1. The monoisotopic (exact) mass is 280 g/mol. The summed E-state index contributed by atoms with van der Waals surface area (Å²) in [6, 6.07) is 2.99. The van der Waals surface area contributed by atoms with E-state index < -0.39 is 0 Å². The molecular formula is C15H24N2OS. The number of nitrogens with zero attached hydrogens (tertiary/aromatic N) is 1. The van der Waals surface area contributed by atoms with Crippen LogP contribution in [0.1, 0.15) is 38.2 Å². The summed E-state index contributed by atoms with van der Waals surface area (Å²) in [5, 5.41) is 4.43. The van der Waals surface area contributed by atoms with Crippen LogP contribution in [0.4, 0.5) is 0 Å². The molecule has 0 amide bonds. The zero-order valence-electron chi connectivity index (χ0n) is 11.7. The molecule has 1 aromatic rings. The second kappa shape index (κ2) is 5.52. The van der Waals surface area contributed by atoms with E-state index in [9.17, 15) is 0 Å². The Labute approximate surface area is 119 Å². The molecule has 1 heterocycles. The van der Waals surface area contributed by atoms with Crippen molar-refractivity contribution < 1.29 is 4.74 Å². The SMILES string of the molecule is CCOC1CC(CN)(N(Cc2ccsc2)C2CC2)C1. The summed E-state index contributed by atoms with van der Waals surface area (Å²) in [4.78, 5) is 2.67. The van der Waals surface area contributed by atoms with Crippen LogP contribution >= 0.6 is 11.3 Å². The van der Waals surface area contributed by atoms with Gasteiger partial charge in [-0.1, -0.05) is 0 Å². The van der Waals surface area contributed by atoms with Crippen LogP contribution in [-0.4, -0.2) is 35.7 Å². The molecule has 0 saturated heterocycles. The van der Waals surface area contributed by atoms with Gasteiger partial charge in [-0.15, -0.1) is 0 Å². The van der Waals surface area contributed by atoms with Crippen molar-refractivity contribution in [3.63, 3.8) is 0 Å². The van der Waals surface area contributed by atoms with Crippen molar-refractivity contribution in [2.24, 2.45) is 5.73 Å². The first-order valence-electron chi connectivity index (χ1n) is 7.37. The summed E-state index contributed by atoms with van der Waals surface area (Å²) in [5.74, 6) is 0. The molecule has 0 bridgehead atoms. The van der Waals surface area contributed by atoms with Gasteiger partial charge in [-0.05, 0) is 55.0 Å². The van der Waals surface area contributed by atoms with E-state index in [-0.39, 0.29) is 5.54 Å². The van der Waals surface area contributed by atoms with Crippen LogP contribution in [0.25, 0.3) is 0 Å². The van der Waals surface area contributed by atoms with Gasteiger partial charge >= 0.3 is 0 Å². The van der Waals surface area contributed by atoms with Crippen LogP contribution in [0.3, 0.4) is 0 Å². The first-order chi connectivity index (χ1) is 9.27. The number of ether oxygens (including phenoxy) is 1. The molecule has 0 radical (unpaired) electrons. The average molecular weight is 280 g/mol. The van der Waals surface area contributed by atoms with Crippen molar-refractivity contribution in [2.45, 2.75) is 56.8 Å². The molecule has 0 spiro atoms. The van der Waals surface area contributed by atoms with Gasteiger partial charge in [0.1, 0.15) is 0 Å². The lowest BCUT2D eigenvalue weighted by atomic mass is 9.72. The Kier molecular flexibility index (Phi) is 3.94. The number of thiophene rings is 1. The maximum absolute atomic E-state index is 6.13. The predicted octanol–water partition coefficient (Wildman–Crippen LogP) is 2.61. The van der Waals surface area contributed by atoms with Crippen molar-refractivity contribution in [2.75, 3.05) is 13.2 Å². The fourth-order valence-corrected chi connectivity index (χ4v) is 3.97. The summed E-state index contributed by atoms with van der Waals surface area (Å²) in [5.41, 5.74) is 7.76. The second-order valence-corrected chi connectivity index (χ2v) is 6.68. The van der Waals surface area contributed by atoms with E-state index in [1.165, 1.54) is 18.4 Å². The minimum Gasteiger partial charge on any atom is -0.378 e. The van der Waals surface area contributed by atoms with Crippen LogP contribution in [0.15, 0.2) is 16.8 Å². The highest BCUT2D eigenvalue weighted by Gasteiger charge is 2.51. The lowest BCUT2D eigenvalue weighted by Crippen LogP contribution is -2.64. The van der Waals surface area contributed by atoms with E-state index in [1.807, 2.05) is 0 Å². The van der Waals surface area contributed by atoms with Gasteiger partial charge in [-0.25, -0.2) is 0 Å². The Morgan fingerprint density at radius 2 is 2.26 bits per heavy atom. The first kappa shape index (κ1) is 13.6. The molecule has 19 heavy (non-hydrogen) atoms. The molecule has 4 heteroatoms. The third kappa shape index (κ3) is 2.72. The molecule has 0 unspecified atom stereocenters. The molecule has 3 rings (SSSR count). The van der Waals surface area contributed by atoms with Crippen LogP contribution in [-0.2, 0) is 11.3 Å². The number of rotatable bonds is 7. The van der Waals surface area contributed by atoms with Gasteiger partial charge in [0.15, 0.2) is 0 Å². The maximum Gasteiger partial charge on any atom is 0.0611 e. The van der Waals surface area contributed by atoms with Gasteiger partial charge in [0.05, 0.1) is 6.10 Å². The lowest BCUT2D eigenvalue weighted by molar-refractivity contribution is -0.106. The van der Waals surface area contributed by atoms with E-state index in [4.69, 9.17) is 10.5 Å². The Bertz CT molecular complexity index is 396. The van der Waals surface area contributed by atoms with E-state index in [2.05, 4.69) is 28.7 Å². The Morgan fingerprint density at radius 1 is 1.47 bits per heavy atom. The average Bonchev–Trinajstić information content (AvgIpc) is 3.08. The van der Waals surface area contributed by atoms with Crippen molar-refractivity contribution >= 4 is 11.3 Å². The molecule has 1 aromatic heterocycles. The van der Waals surface area contributed by atoms with E-state index >= 15 is 0 Å². The number of hydrogen-bond acceptors (Lipinski definition) is 4. The summed E-state index contributed by atoms with van der Waals surface area (Å²) in [6.07, 6.45) is 5.32. The molecule has 0 aliphatic heterocycles. The second-order valence-electron chi connectivity index (χ2n) is 5.90. The third-order valence-corrected chi connectivity index (χ3v) is 5.26. The minimum atomic E-state index is 0.197. The van der Waals surface area contributed by atoms with Gasteiger partial charge in [0, 0.05) is 31.3 Å². The van der Waals surface area contributed by atoms with Crippen molar-refractivity contribution in [1.82, 2.24) is 4.90 Å². The molecule has 106 valence electrons. The molecule has 2 fully saturated rings. The zero-order valence-corrected chi connectivity index (χ0v) is 12.5. The maximum atomic E-state index is 6.13. The lowest BCUT2D eigenvalue weighted by Gasteiger charge is -2.54.